The van der Waals surface area contributed by atoms with Gasteiger partial charge in [0.15, 0.2) is 0 Å². The number of hydrogen-bond acceptors (Lipinski definition) is 3. The lowest BCUT2D eigenvalue weighted by Crippen LogP contribution is -2.06. The van der Waals surface area contributed by atoms with Crippen molar-refractivity contribution in [3.8, 4) is 11.1 Å². The molecule has 1 atom stereocenters. The molecule has 0 aromatic heterocycles. The zero-order chi connectivity index (χ0) is 15.9. The zero-order valence-electron chi connectivity index (χ0n) is 12.9. The number of nitrogens with zero attached hydrogens (tertiary/aromatic N) is 1. The van der Waals surface area contributed by atoms with Gasteiger partial charge in [0.25, 0.3) is 5.69 Å². The van der Waals surface area contributed by atoms with E-state index in [1.165, 1.54) is 11.6 Å². The second-order valence-electron chi connectivity index (χ2n) is 5.73. The number of nitro groups is 1. The van der Waals surface area contributed by atoms with Gasteiger partial charge in [-0.3, -0.25) is 10.1 Å². The van der Waals surface area contributed by atoms with E-state index in [2.05, 4.69) is 19.1 Å². The lowest BCUT2D eigenvalue weighted by atomic mass is 9.97. The maximum absolute atomic E-state index is 10.8. The predicted molar refractivity (Wildman–Crippen MR) is 89.7 cm³/mol. The SMILES string of the molecule is CC(CCN)CCc1ccc(-c2cccc([N+](=O)[O-])c2)cc1. The molecular formula is C18H22N2O2. The third kappa shape index (κ3) is 4.40. The quantitative estimate of drug-likeness (QED) is 0.616. The second kappa shape index (κ2) is 7.71. The summed E-state index contributed by atoms with van der Waals surface area (Å²) in [7, 11) is 0. The molecule has 0 saturated heterocycles. The summed E-state index contributed by atoms with van der Waals surface area (Å²) in [6, 6.07) is 15.0. The number of aryl methyl sites for hydroxylation is 1. The molecule has 116 valence electrons. The number of nitro benzene ring substituents is 1. The Morgan fingerprint density at radius 2 is 1.82 bits per heavy atom. The van der Waals surface area contributed by atoms with E-state index < -0.39 is 0 Å². The number of nitrogens with two attached hydrogens (primary N) is 1. The molecule has 2 rings (SSSR count). The van der Waals surface area contributed by atoms with Crippen LogP contribution in [0.25, 0.3) is 11.1 Å². The van der Waals surface area contributed by atoms with Crippen LogP contribution < -0.4 is 5.73 Å². The molecule has 0 heterocycles. The molecule has 0 aliphatic heterocycles. The Kier molecular flexibility index (Phi) is 5.67. The van der Waals surface area contributed by atoms with Gasteiger partial charge in [-0.1, -0.05) is 43.3 Å². The molecule has 4 heteroatoms. The van der Waals surface area contributed by atoms with Gasteiger partial charge in [0.2, 0.25) is 0 Å². The molecule has 0 saturated carbocycles. The highest BCUT2D eigenvalue weighted by molar-refractivity contribution is 5.66. The Bertz CT molecular complexity index is 623. The molecule has 1 unspecified atom stereocenters. The van der Waals surface area contributed by atoms with Crippen LogP contribution in [0.5, 0.6) is 0 Å². The van der Waals surface area contributed by atoms with Crippen LogP contribution in [-0.2, 0) is 6.42 Å². The largest absolute Gasteiger partial charge is 0.330 e. The second-order valence-corrected chi connectivity index (χ2v) is 5.73. The van der Waals surface area contributed by atoms with Crippen LogP contribution in [0.2, 0.25) is 0 Å². The summed E-state index contributed by atoms with van der Waals surface area (Å²) in [6.07, 6.45) is 3.23. The molecule has 2 aromatic rings. The van der Waals surface area contributed by atoms with Crippen molar-refractivity contribution in [1.82, 2.24) is 0 Å². The Morgan fingerprint density at radius 1 is 1.09 bits per heavy atom. The van der Waals surface area contributed by atoms with Crippen molar-refractivity contribution < 1.29 is 4.92 Å². The minimum atomic E-state index is -0.364. The third-order valence-electron chi connectivity index (χ3n) is 3.93. The molecule has 0 aliphatic rings. The highest BCUT2D eigenvalue weighted by atomic mass is 16.6. The van der Waals surface area contributed by atoms with Crippen LogP contribution in [0.3, 0.4) is 0 Å². The van der Waals surface area contributed by atoms with Gasteiger partial charge in [-0.15, -0.1) is 0 Å². The first-order valence-electron chi connectivity index (χ1n) is 7.64. The fourth-order valence-corrected chi connectivity index (χ4v) is 2.50. The van der Waals surface area contributed by atoms with Crippen molar-refractivity contribution in [2.45, 2.75) is 26.2 Å². The Morgan fingerprint density at radius 3 is 2.45 bits per heavy atom. The van der Waals surface area contributed by atoms with Gasteiger partial charge in [0.1, 0.15) is 0 Å². The molecule has 2 aromatic carbocycles. The van der Waals surface area contributed by atoms with Crippen molar-refractivity contribution in [1.29, 1.82) is 0 Å². The van der Waals surface area contributed by atoms with Crippen LogP contribution in [0.15, 0.2) is 48.5 Å². The molecular weight excluding hydrogens is 276 g/mol. The summed E-state index contributed by atoms with van der Waals surface area (Å²) < 4.78 is 0. The zero-order valence-corrected chi connectivity index (χ0v) is 12.9. The summed E-state index contributed by atoms with van der Waals surface area (Å²) in [6.45, 7) is 2.97. The highest BCUT2D eigenvalue weighted by Gasteiger charge is 2.07. The number of hydrogen-bond donors (Lipinski definition) is 1. The van der Waals surface area contributed by atoms with Crippen molar-refractivity contribution >= 4 is 5.69 Å². The van der Waals surface area contributed by atoms with Gasteiger partial charge in [0.05, 0.1) is 4.92 Å². The van der Waals surface area contributed by atoms with Gasteiger partial charge in [-0.25, -0.2) is 0 Å². The topological polar surface area (TPSA) is 69.2 Å². The first kappa shape index (κ1) is 16.2. The monoisotopic (exact) mass is 298 g/mol. The van der Waals surface area contributed by atoms with Crippen LogP contribution in [0.1, 0.15) is 25.3 Å². The number of rotatable bonds is 7. The van der Waals surface area contributed by atoms with E-state index in [0.29, 0.717) is 5.92 Å². The standard InChI is InChI=1S/C18H22N2O2/c1-14(11-12-19)5-6-15-7-9-16(10-8-15)17-3-2-4-18(13-17)20(21)22/h2-4,7-10,13-14H,5-6,11-12,19H2,1H3. The summed E-state index contributed by atoms with van der Waals surface area (Å²) in [5.74, 6) is 0.640. The van der Waals surface area contributed by atoms with Crippen LogP contribution in [-0.4, -0.2) is 11.5 Å². The minimum Gasteiger partial charge on any atom is -0.330 e. The molecule has 22 heavy (non-hydrogen) atoms. The molecule has 0 fully saturated rings. The van der Waals surface area contributed by atoms with Gasteiger partial charge in [-0.2, -0.15) is 0 Å². The summed E-state index contributed by atoms with van der Waals surface area (Å²) >= 11 is 0. The van der Waals surface area contributed by atoms with E-state index in [4.69, 9.17) is 5.73 Å². The molecule has 0 aliphatic carbocycles. The maximum Gasteiger partial charge on any atom is 0.270 e. The summed E-state index contributed by atoms with van der Waals surface area (Å²) in [4.78, 5) is 10.5. The Labute approximate surface area is 131 Å². The first-order valence-corrected chi connectivity index (χ1v) is 7.64. The molecule has 2 N–H and O–H groups in total. The van der Waals surface area contributed by atoms with E-state index in [-0.39, 0.29) is 10.6 Å². The van der Waals surface area contributed by atoms with Crippen molar-refractivity contribution in [3.63, 3.8) is 0 Å². The summed E-state index contributed by atoms with van der Waals surface area (Å²) in [5, 5.41) is 10.8. The molecule has 0 spiro atoms. The highest BCUT2D eigenvalue weighted by Crippen LogP contribution is 2.24. The maximum atomic E-state index is 10.8. The van der Waals surface area contributed by atoms with Gasteiger partial charge >= 0.3 is 0 Å². The molecule has 4 nitrogen and oxygen atoms in total. The van der Waals surface area contributed by atoms with E-state index in [0.717, 1.165) is 36.9 Å². The van der Waals surface area contributed by atoms with Crippen LogP contribution >= 0.6 is 0 Å². The molecule has 0 amide bonds. The smallest absolute Gasteiger partial charge is 0.270 e. The van der Waals surface area contributed by atoms with Crippen molar-refractivity contribution in [2.75, 3.05) is 6.54 Å². The predicted octanol–water partition coefficient (Wildman–Crippen LogP) is 4.18. The number of benzene rings is 2. The van der Waals surface area contributed by atoms with E-state index in [1.54, 1.807) is 12.1 Å². The van der Waals surface area contributed by atoms with Crippen LogP contribution in [0, 0.1) is 16.0 Å². The van der Waals surface area contributed by atoms with Crippen molar-refractivity contribution in [3.05, 3.63) is 64.2 Å². The molecule has 0 radical (unpaired) electrons. The van der Waals surface area contributed by atoms with E-state index >= 15 is 0 Å². The van der Waals surface area contributed by atoms with Gasteiger partial charge < -0.3 is 5.73 Å². The Hall–Kier alpha value is -2.20. The Balaban J connectivity index is 2.05. The summed E-state index contributed by atoms with van der Waals surface area (Å²) in [5.41, 5.74) is 8.86. The fourth-order valence-electron chi connectivity index (χ4n) is 2.50. The first-order chi connectivity index (χ1) is 10.6. The van der Waals surface area contributed by atoms with Gasteiger partial charge in [0, 0.05) is 12.1 Å². The molecule has 0 bridgehead atoms. The van der Waals surface area contributed by atoms with Crippen LogP contribution in [0.4, 0.5) is 5.69 Å². The minimum absolute atomic E-state index is 0.122. The fraction of sp³-hybridized carbons (Fsp3) is 0.333. The van der Waals surface area contributed by atoms with E-state index in [1.807, 2.05) is 18.2 Å². The lowest BCUT2D eigenvalue weighted by molar-refractivity contribution is -0.384. The third-order valence-corrected chi connectivity index (χ3v) is 3.93. The van der Waals surface area contributed by atoms with Crippen molar-refractivity contribution in [2.24, 2.45) is 11.7 Å². The lowest BCUT2D eigenvalue weighted by Gasteiger charge is -2.10. The average molecular weight is 298 g/mol. The normalized spacial score (nSPS) is 12.1. The van der Waals surface area contributed by atoms with Gasteiger partial charge in [-0.05, 0) is 48.4 Å². The average Bonchev–Trinajstić information content (AvgIpc) is 2.54. The van der Waals surface area contributed by atoms with E-state index in [9.17, 15) is 10.1 Å². The number of non-ortho nitro benzene ring substituents is 1.